The molecule has 0 amide bonds. The Morgan fingerprint density at radius 3 is 2.32 bits per heavy atom. The second kappa shape index (κ2) is 5.24. The highest BCUT2D eigenvalue weighted by molar-refractivity contribution is 5.75. The van der Waals surface area contributed by atoms with E-state index < -0.39 is 11.4 Å². The summed E-state index contributed by atoms with van der Waals surface area (Å²) in [6, 6.07) is 4.10. The Morgan fingerprint density at radius 1 is 1.16 bits per heavy atom. The van der Waals surface area contributed by atoms with Gasteiger partial charge in [0.2, 0.25) is 0 Å². The maximum absolute atomic E-state index is 11.5. The van der Waals surface area contributed by atoms with Crippen molar-refractivity contribution in [3.8, 4) is 5.75 Å². The Bertz CT molecular complexity index is 485. The van der Waals surface area contributed by atoms with Crippen molar-refractivity contribution in [3.05, 3.63) is 28.8 Å². The molecule has 3 heteroatoms. The highest BCUT2D eigenvalue weighted by Crippen LogP contribution is 2.39. The van der Waals surface area contributed by atoms with Gasteiger partial charge < -0.3 is 9.84 Å². The molecule has 104 valence electrons. The second-order valence-electron chi connectivity index (χ2n) is 5.78. The van der Waals surface area contributed by atoms with Gasteiger partial charge in [-0.1, -0.05) is 18.9 Å². The molecule has 19 heavy (non-hydrogen) atoms. The average molecular weight is 262 g/mol. The van der Waals surface area contributed by atoms with Crippen LogP contribution in [-0.2, 0) is 4.79 Å². The first-order valence-electron chi connectivity index (χ1n) is 6.89. The minimum absolute atomic E-state index is 0.283. The lowest BCUT2D eigenvalue weighted by Gasteiger charge is -2.24. The van der Waals surface area contributed by atoms with E-state index in [0.717, 1.165) is 37.0 Å². The van der Waals surface area contributed by atoms with Crippen molar-refractivity contribution in [1.82, 2.24) is 0 Å². The highest BCUT2D eigenvalue weighted by Gasteiger charge is 2.42. The molecule has 1 aliphatic rings. The van der Waals surface area contributed by atoms with Gasteiger partial charge in [-0.2, -0.15) is 0 Å². The molecule has 0 unspecified atom stereocenters. The van der Waals surface area contributed by atoms with Gasteiger partial charge in [0.15, 0.2) is 0 Å². The first-order chi connectivity index (χ1) is 8.94. The van der Waals surface area contributed by atoms with Gasteiger partial charge in [-0.3, -0.25) is 4.79 Å². The lowest BCUT2D eigenvalue weighted by atomic mass is 9.87. The van der Waals surface area contributed by atoms with E-state index in [1.165, 1.54) is 11.1 Å². The number of aliphatic carboxylic acids is 1. The van der Waals surface area contributed by atoms with Crippen LogP contribution in [0.1, 0.15) is 42.4 Å². The number of ether oxygens (including phenoxy) is 1. The van der Waals surface area contributed by atoms with E-state index in [-0.39, 0.29) is 6.61 Å². The molecule has 1 fully saturated rings. The minimum Gasteiger partial charge on any atom is -0.492 e. The number of carboxylic acids is 1. The molecule has 1 aliphatic carbocycles. The zero-order valence-corrected chi connectivity index (χ0v) is 12.0. The van der Waals surface area contributed by atoms with Gasteiger partial charge in [-0.05, 0) is 56.4 Å². The van der Waals surface area contributed by atoms with Crippen molar-refractivity contribution >= 4 is 5.97 Å². The molecule has 1 aromatic carbocycles. The fraction of sp³-hybridized carbons (Fsp3) is 0.562. The van der Waals surface area contributed by atoms with Crippen molar-refractivity contribution in [1.29, 1.82) is 0 Å². The van der Waals surface area contributed by atoms with Gasteiger partial charge in [0.05, 0.1) is 0 Å². The SMILES string of the molecule is Cc1cc(C)c(OCC2(C(=O)O)CCCC2)cc1C. The average Bonchev–Trinajstić information content (AvgIpc) is 2.82. The zero-order valence-electron chi connectivity index (χ0n) is 12.0. The Morgan fingerprint density at radius 2 is 1.74 bits per heavy atom. The van der Waals surface area contributed by atoms with E-state index >= 15 is 0 Å². The summed E-state index contributed by atoms with van der Waals surface area (Å²) in [5, 5.41) is 9.43. The Kier molecular flexibility index (Phi) is 3.83. The molecule has 0 saturated heterocycles. The number of rotatable bonds is 4. The number of hydrogen-bond acceptors (Lipinski definition) is 2. The smallest absolute Gasteiger partial charge is 0.313 e. The van der Waals surface area contributed by atoms with Crippen LogP contribution in [0, 0.1) is 26.2 Å². The standard InChI is InChI=1S/C16H22O3/c1-11-8-13(3)14(9-12(11)2)19-10-16(15(17)18)6-4-5-7-16/h8-9H,4-7,10H2,1-3H3,(H,17,18). The molecule has 1 N–H and O–H groups in total. The minimum atomic E-state index is -0.716. The fourth-order valence-corrected chi connectivity index (χ4v) is 2.78. The largest absolute Gasteiger partial charge is 0.492 e. The summed E-state index contributed by atoms with van der Waals surface area (Å²) in [6.45, 7) is 6.40. The first kappa shape index (κ1) is 13.9. The predicted molar refractivity (Wildman–Crippen MR) is 74.7 cm³/mol. The summed E-state index contributed by atoms with van der Waals surface area (Å²) in [5.74, 6) is 0.0992. The van der Waals surface area contributed by atoms with Crippen LogP contribution in [0.25, 0.3) is 0 Å². The zero-order chi connectivity index (χ0) is 14.0. The summed E-state index contributed by atoms with van der Waals surface area (Å²) in [4.78, 5) is 11.5. The summed E-state index contributed by atoms with van der Waals surface area (Å²) in [7, 11) is 0. The van der Waals surface area contributed by atoms with Gasteiger partial charge >= 0.3 is 5.97 Å². The normalized spacial score (nSPS) is 17.4. The highest BCUT2D eigenvalue weighted by atomic mass is 16.5. The van der Waals surface area contributed by atoms with E-state index in [2.05, 4.69) is 13.0 Å². The molecule has 0 radical (unpaired) electrons. The number of benzene rings is 1. The van der Waals surface area contributed by atoms with Gasteiger partial charge in [-0.25, -0.2) is 0 Å². The third-order valence-electron chi connectivity index (χ3n) is 4.31. The summed E-state index contributed by atoms with van der Waals surface area (Å²) in [6.07, 6.45) is 3.43. The molecule has 2 rings (SSSR count). The predicted octanol–water partition coefficient (Wildman–Crippen LogP) is 3.64. The third kappa shape index (κ3) is 2.75. The van der Waals surface area contributed by atoms with Crippen LogP contribution in [0.5, 0.6) is 5.75 Å². The fourth-order valence-electron chi connectivity index (χ4n) is 2.78. The van der Waals surface area contributed by atoms with Crippen LogP contribution in [0.4, 0.5) is 0 Å². The van der Waals surface area contributed by atoms with Gasteiger partial charge in [0, 0.05) is 0 Å². The van der Waals surface area contributed by atoms with E-state index in [0.29, 0.717) is 0 Å². The second-order valence-corrected chi connectivity index (χ2v) is 5.78. The lowest BCUT2D eigenvalue weighted by Crippen LogP contribution is -2.34. The van der Waals surface area contributed by atoms with Gasteiger partial charge in [0.25, 0.3) is 0 Å². The molecule has 0 aromatic heterocycles. The van der Waals surface area contributed by atoms with E-state index in [4.69, 9.17) is 4.74 Å². The first-order valence-corrected chi connectivity index (χ1v) is 6.89. The molecule has 0 spiro atoms. The van der Waals surface area contributed by atoms with E-state index in [9.17, 15) is 9.90 Å². The number of carboxylic acid groups (broad SMARTS) is 1. The van der Waals surface area contributed by atoms with Crippen LogP contribution >= 0.6 is 0 Å². The number of hydrogen-bond donors (Lipinski definition) is 1. The van der Waals surface area contributed by atoms with E-state index in [1.807, 2.05) is 19.9 Å². The Hall–Kier alpha value is -1.51. The Labute approximate surface area is 114 Å². The molecule has 3 nitrogen and oxygen atoms in total. The topological polar surface area (TPSA) is 46.5 Å². The third-order valence-corrected chi connectivity index (χ3v) is 4.31. The van der Waals surface area contributed by atoms with Crippen molar-refractivity contribution < 1.29 is 14.6 Å². The van der Waals surface area contributed by atoms with Crippen LogP contribution < -0.4 is 4.74 Å². The van der Waals surface area contributed by atoms with Gasteiger partial charge in [-0.15, -0.1) is 0 Å². The molecular formula is C16H22O3. The van der Waals surface area contributed by atoms with Crippen molar-refractivity contribution in [2.24, 2.45) is 5.41 Å². The molecule has 0 bridgehead atoms. The number of aryl methyl sites for hydroxylation is 3. The quantitative estimate of drug-likeness (QED) is 0.901. The van der Waals surface area contributed by atoms with Crippen molar-refractivity contribution in [2.45, 2.75) is 46.5 Å². The van der Waals surface area contributed by atoms with Gasteiger partial charge in [0.1, 0.15) is 17.8 Å². The molecule has 1 saturated carbocycles. The summed E-state index contributed by atoms with van der Waals surface area (Å²) in [5.41, 5.74) is 2.81. The molecule has 0 atom stereocenters. The van der Waals surface area contributed by atoms with Crippen molar-refractivity contribution in [2.75, 3.05) is 6.61 Å². The molecule has 0 heterocycles. The summed E-state index contributed by atoms with van der Waals surface area (Å²) < 4.78 is 5.84. The maximum atomic E-state index is 11.5. The molecular weight excluding hydrogens is 240 g/mol. The van der Waals surface area contributed by atoms with Crippen LogP contribution in [-0.4, -0.2) is 17.7 Å². The van der Waals surface area contributed by atoms with Crippen LogP contribution in [0.3, 0.4) is 0 Å². The molecule has 0 aliphatic heterocycles. The monoisotopic (exact) mass is 262 g/mol. The van der Waals surface area contributed by atoms with E-state index in [1.54, 1.807) is 0 Å². The van der Waals surface area contributed by atoms with Crippen LogP contribution in [0.2, 0.25) is 0 Å². The molecule has 1 aromatic rings. The number of carbonyl (C=O) groups is 1. The maximum Gasteiger partial charge on any atom is 0.313 e. The Balaban J connectivity index is 2.14. The van der Waals surface area contributed by atoms with Crippen molar-refractivity contribution in [3.63, 3.8) is 0 Å². The lowest BCUT2D eigenvalue weighted by molar-refractivity contribution is -0.150. The summed E-state index contributed by atoms with van der Waals surface area (Å²) >= 11 is 0. The van der Waals surface area contributed by atoms with Crippen LogP contribution in [0.15, 0.2) is 12.1 Å².